The molecule has 378 valence electrons. The van der Waals surface area contributed by atoms with Crippen LogP contribution in [0.3, 0.4) is 0 Å². The number of nitrogens with one attached hydrogen (secondary N) is 2. The Morgan fingerprint density at radius 1 is 0.833 bits per heavy atom. The number of benzene rings is 1. The van der Waals surface area contributed by atoms with Gasteiger partial charge in [0.05, 0.1) is 75.7 Å². The number of amides is 4. The highest BCUT2D eigenvalue weighted by atomic mass is 16.6. The van der Waals surface area contributed by atoms with E-state index in [9.17, 15) is 29.1 Å². The Bertz CT molecular complexity index is 1570. The number of likely N-dealkylation sites (tertiary alicyclic amines) is 1. The molecule has 0 spiro atoms. The van der Waals surface area contributed by atoms with Gasteiger partial charge in [-0.25, -0.2) is 10.7 Å². The van der Waals surface area contributed by atoms with Crippen molar-refractivity contribution in [2.75, 3.05) is 87.7 Å². The lowest BCUT2D eigenvalue weighted by Gasteiger charge is -2.41. The van der Waals surface area contributed by atoms with E-state index in [2.05, 4.69) is 15.5 Å². The molecule has 0 aliphatic carbocycles. The lowest BCUT2D eigenvalue weighted by atomic mass is 9.89. The van der Waals surface area contributed by atoms with Crippen molar-refractivity contribution in [1.29, 1.82) is 0 Å². The van der Waals surface area contributed by atoms with Crippen LogP contribution in [0.25, 0.3) is 0 Å². The number of carbonyl (C=O) groups is 5. The third kappa shape index (κ3) is 18.7. The van der Waals surface area contributed by atoms with Gasteiger partial charge < -0.3 is 54.1 Å². The van der Waals surface area contributed by atoms with Gasteiger partial charge in [-0.1, -0.05) is 85.2 Å². The van der Waals surface area contributed by atoms with Gasteiger partial charge in [0.2, 0.25) is 23.6 Å². The zero-order valence-corrected chi connectivity index (χ0v) is 41.7. The fourth-order valence-corrected chi connectivity index (χ4v) is 8.78. The van der Waals surface area contributed by atoms with Gasteiger partial charge in [0.1, 0.15) is 12.1 Å². The van der Waals surface area contributed by atoms with Gasteiger partial charge in [0.15, 0.2) is 0 Å². The predicted molar refractivity (Wildman–Crippen MR) is 251 cm³/mol. The van der Waals surface area contributed by atoms with Gasteiger partial charge in [0.25, 0.3) is 0 Å². The molecule has 1 aromatic carbocycles. The van der Waals surface area contributed by atoms with E-state index in [4.69, 9.17) is 29.6 Å². The van der Waals surface area contributed by atoms with Crippen molar-refractivity contribution in [3.05, 3.63) is 35.9 Å². The quantitative estimate of drug-likeness (QED) is 0.0577. The van der Waals surface area contributed by atoms with Crippen LogP contribution in [0.5, 0.6) is 0 Å². The SMILES string of the molecule is CC[C@H](C)[C@@H]([C@@H](CC(=O)N1CCC[C@H]1[C@H](OC)[C@@H](C)C(=O)N[C@@H](Cc1ccccc1)C(=O)O)OC)N(C)C(=O)[C@@H](NC(=O)[C@H](C(C)C)N(C)CCOCCCOCCOCCON)C(C)C. The molecule has 2 rings (SSSR count). The Hall–Kier alpha value is -3.75. The summed E-state index contributed by atoms with van der Waals surface area (Å²) in [6.45, 7) is 17.5. The largest absolute Gasteiger partial charge is 0.480 e. The number of hydrogen-bond acceptors (Lipinski definition) is 13. The molecule has 0 unspecified atom stereocenters. The fourth-order valence-electron chi connectivity index (χ4n) is 8.78. The standard InChI is InChI=1S/C48H84N6O12/c1-12-34(6)43(53(9)47(58)41(32(2)3)51-46(57)42(33(4)5)52(8)22-25-63-23-17-24-64-26-27-65-28-29-66-49)39(61-10)31-40(55)54-21-16-20-38(54)44(62-11)35(7)45(56)50-37(48(59)60)30-36-18-14-13-15-19-36/h13-15,18-19,32-35,37-39,41-44H,12,16-17,20-31,49H2,1-11H3,(H,50,56)(H,51,57)(H,59,60)/t34-,35+,37-,38-,39+,41-,42-,43-,44+/m0/s1. The van der Waals surface area contributed by atoms with Crippen molar-refractivity contribution in [2.45, 2.75) is 129 Å². The average molecular weight is 937 g/mol. The van der Waals surface area contributed by atoms with E-state index in [1.807, 2.05) is 83.8 Å². The topological polar surface area (TPSA) is 221 Å². The Morgan fingerprint density at radius 2 is 1.45 bits per heavy atom. The first kappa shape index (κ1) is 58.4. The van der Waals surface area contributed by atoms with Crippen molar-refractivity contribution in [1.82, 2.24) is 25.3 Å². The summed E-state index contributed by atoms with van der Waals surface area (Å²) in [5, 5.41) is 15.7. The summed E-state index contributed by atoms with van der Waals surface area (Å²) in [5.41, 5.74) is 0.777. The van der Waals surface area contributed by atoms with E-state index >= 15 is 0 Å². The van der Waals surface area contributed by atoms with Crippen LogP contribution in [0, 0.1) is 23.7 Å². The van der Waals surface area contributed by atoms with Crippen molar-refractivity contribution >= 4 is 29.6 Å². The maximum absolute atomic E-state index is 14.6. The summed E-state index contributed by atoms with van der Waals surface area (Å²) in [4.78, 5) is 78.5. The molecule has 5 N–H and O–H groups in total. The number of aliphatic carboxylic acids is 1. The second kappa shape index (κ2) is 31.3. The molecule has 66 heavy (non-hydrogen) atoms. The first-order valence-corrected chi connectivity index (χ1v) is 23.7. The number of nitrogens with two attached hydrogens (primary N) is 1. The Labute approximate surface area is 394 Å². The minimum atomic E-state index is -1.15. The monoisotopic (exact) mass is 937 g/mol. The number of hydrogen-bond donors (Lipinski definition) is 4. The maximum atomic E-state index is 14.6. The van der Waals surface area contributed by atoms with Crippen LogP contribution in [0.4, 0.5) is 0 Å². The number of methoxy groups -OCH3 is 2. The molecule has 1 aromatic rings. The Kier molecular flexibility index (Phi) is 27.7. The molecule has 4 amide bonds. The summed E-state index contributed by atoms with van der Waals surface area (Å²) in [6.07, 6.45) is 1.37. The van der Waals surface area contributed by atoms with E-state index in [0.29, 0.717) is 85.0 Å². The van der Waals surface area contributed by atoms with E-state index in [1.165, 1.54) is 14.2 Å². The van der Waals surface area contributed by atoms with Crippen LogP contribution in [-0.4, -0.2) is 179 Å². The van der Waals surface area contributed by atoms with Gasteiger partial charge in [-0.2, -0.15) is 0 Å². The normalized spacial score (nSPS) is 17.8. The van der Waals surface area contributed by atoms with Crippen LogP contribution in [-0.2, 0) is 58.9 Å². The fraction of sp³-hybridized carbons (Fsp3) is 0.771. The van der Waals surface area contributed by atoms with Gasteiger partial charge >= 0.3 is 5.97 Å². The lowest BCUT2D eigenvalue weighted by molar-refractivity contribution is -0.148. The minimum Gasteiger partial charge on any atom is -0.480 e. The molecule has 1 heterocycles. The third-order valence-corrected chi connectivity index (χ3v) is 12.6. The van der Waals surface area contributed by atoms with Gasteiger partial charge in [-0.15, -0.1) is 0 Å². The van der Waals surface area contributed by atoms with Crippen molar-refractivity contribution in [3.8, 4) is 0 Å². The molecule has 1 aliphatic rings. The lowest BCUT2D eigenvalue weighted by Crippen LogP contribution is -2.60. The molecule has 18 nitrogen and oxygen atoms in total. The van der Waals surface area contributed by atoms with Gasteiger partial charge in [0, 0.05) is 54.0 Å². The van der Waals surface area contributed by atoms with E-state index in [-0.39, 0.29) is 48.3 Å². The molecule has 0 aromatic heterocycles. The smallest absolute Gasteiger partial charge is 0.326 e. The van der Waals surface area contributed by atoms with E-state index < -0.39 is 60.2 Å². The summed E-state index contributed by atoms with van der Waals surface area (Å²) >= 11 is 0. The average Bonchev–Trinajstić information content (AvgIpc) is 3.77. The molecule has 0 saturated carbocycles. The molecular weight excluding hydrogens is 853 g/mol. The van der Waals surface area contributed by atoms with Crippen molar-refractivity contribution < 1.29 is 57.6 Å². The molecule has 1 fully saturated rings. The zero-order valence-electron chi connectivity index (χ0n) is 41.7. The highest BCUT2D eigenvalue weighted by molar-refractivity contribution is 5.90. The van der Waals surface area contributed by atoms with E-state index in [0.717, 1.165) is 5.56 Å². The molecule has 9 atom stereocenters. The van der Waals surface area contributed by atoms with Crippen LogP contribution in [0.15, 0.2) is 30.3 Å². The van der Waals surface area contributed by atoms with Crippen LogP contribution < -0.4 is 16.5 Å². The highest BCUT2D eigenvalue weighted by Gasteiger charge is 2.43. The Morgan fingerprint density at radius 3 is 2.02 bits per heavy atom. The number of carboxylic acids is 1. The number of likely N-dealkylation sites (N-methyl/N-ethyl adjacent to an activating group) is 2. The third-order valence-electron chi connectivity index (χ3n) is 12.6. The molecule has 0 bridgehead atoms. The molecule has 1 aliphatic heterocycles. The highest BCUT2D eigenvalue weighted by Crippen LogP contribution is 2.30. The number of carboxylic acid groups (broad SMARTS) is 1. The van der Waals surface area contributed by atoms with Gasteiger partial charge in [-0.05, 0) is 49.6 Å². The Balaban J connectivity index is 2.12. The van der Waals surface area contributed by atoms with Gasteiger partial charge in [-0.3, -0.25) is 24.1 Å². The number of rotatable bonds is 34. The maximum Gasteiger partial charge on any atom is 0.326 e. The number of carbonyl (C=O) groups excluding carboxylic acids is 4. The van der Waals surface area contributed by atoms with Crippen LogP contribution in [0.2, 0.25) is 0 Å². The van der Waals surface area contributed by atoms with E-state index in [1.54, 1.807) is 23.8 Å². The first-order chi connectivity index (χ1) is 31.4. The first-order valence-electron chi connectivity index (χ1n) is 23.7. The second-order valence-corrected chi connectivity index (χ2v) is 18.1. The summed E-state index contributed by atoms with van der Waals surface area (Å²) in [6, 6.07) is 5.60. The second-order valence-electron chi connectivity index (χ2n) is 18.1. The van der Waals surface area contributed by atoms with Crippen LogP contribution in [0.1, 0.15) is 86.1 Å². The summed E-state index contributed by atoms with van der Waals surface area (Å²) in [5.74, 6) is 1.43. The summed E-state index contributed by atoms with van der Waals surface area (Å²) in [7, 11) is 6.61. The molecule has 1 saturated heterocycles. The van der Waals surface area contributed by atoms with Crippen LogP contribution >= 0.6 is 0 Å². The number of ether oxygens (including phenoxy) is 5. The minimum absolute atomic E-state index is 0.0381. The molecule has 0 radical (unpaired) electrons. The van der Waals surface area contributed by atoms with Crippen molar-refractivity contribution in [3.63, 3.8) is 0 Å². The predicted octanol–water partition coefficient (Wildman–Crippen LogP) is 3.15. The van der Waals surface area contributed by atoms with Crippen molar-refractivity contribution in [2.24, 2.45) is 29.6 Å². The molecular formula is C48H84N6O12. The summed E-state index contributed by atoms with van der Waals surface area (Å²) < 4.78 is 28.7. The number of nitrogens with zero attached hydrogens (tertiary/aromatic N) is 3. The molecule has 18 heteroatoms. The zero-order chi connectivity index (χ0) is 49.3.